The number of ether oxygens (including phenoxy) is 1. The van der Waals surface area contributed by atoms with Gasteiger partial charge in [0.05, 0.1) is 0 Å². The van der Waals surface area contributed by atoms with Crippen LogP contribution in [-0.4, -0.2) is 48.6 Å². The van der Waals surface area contributed by atoms with E-state index in [0.717, 1.165) is 19.4 Å². The van der Waals surface area contributed by atoms with Crippen molar-refractivity contribution in [1.82, 2.24) is 10.2 Å². The predicted molar refractivity (Wildman–Crippen MR) is 73.7 cm³/mol. The molecular formula is C14H26N2O3. The van der Waals surface area contributed by atoms with E-state index in [1.165, 1.54) is 6.42 Å². The highest BCUT2D eigenvalue weighted by Gasteiger charge is 2.22. The third kappa shape index (κ3) is 5.19. The van der Waals surface area contributed by atoms with Crippen LogP contribution in [0.15, 0.2) is 0 Å². The van der Waals surface area contributed by atoms with Crippen LogP contribution in [0.3, 0.4) is 0 Å². The highest BCUT2D eigenvalue weighted by atomic mass is 16.5. The van der Waals surface area contributed by atoms with Gasteiger partial charge in [0.1, 0.15) is 6.10 Å². The minimum absolute atomic E-state index is 0.136. The molecule has 2 atom stereocenters. The van der Waals surface area contributed by atoms with Crippen LogP contribution in [0.2, 0.25) is 0 Å². The molecule has 19 heavy (non-hydrogen) atoms. The number of likely N-dealkylation sites (tertiary alicyclic amines) is 1. The molecule has 1 heterocycles. The Labute approximate surface area is 115 Å². The molecule has 1 N–H and O–H groups in total. The Kier molecular flexibility index (Phi) is 6.84. The number of carbonyl (C=O) groups is 2. The minimum atomic E-state index is -0.450. The van der Waals surface area contributed by atoms with Crippen LogP contribution in [0.4, 0.5) is 0 Å². The van der Waals surface area contributed by atoms with Gasteiger partial charge in [0.25, 0.3) is 0 Å². The molecule has 1 aliphatic rings. The fourth-order valence-corrected chi connectivity index (χ4v) is 2.37. The highest BCUT2D eigenvalue weighted by Crippen LogP contribution is 2.16. The number of piperidine rings is 1. The van der Waals surface area contributed by atoms with Gasteiger partial charge in [0, 0.05) is 32.2 Å². The van der Waals surface area contributed by atoms with Crippen LogP contribution < -0.4 is 5.32 Å². The Morgan fingerprint density at radius 1 is 1.42 bits per heavy atom. The SMILES string of the molecule is CCO[C@@H](C)C(=O)NCCC(=O)N1CCCC[C@H]1C. The number of hydrogen-bond donors (Lipinski definition) is 1. The average Bonchev–Trinajstić information content (AvgIpc) is 2.39. The summed E-state index contributed by atoms with van der Waals surface area (Å²) in [6, 6.07) is 0.333. The van der Waals surface area contributed by atoms with Gasteiger partial charge in [0.2, 0.25) is 11.8 Å². The van der Waals surface area contributed by atoms with E-state index < -0.39 is 6.10 Å². The van der Waals surface area contributed by atoms with Gasteiger partial charge in [0.15, 0.2) is 0 Å². The first kappa shape index (κ1) is 16.0. The molecule has 0 aromatic heterocycles. The second-order valence-electron chi connectivity index (χ2n) is 5.07. The van der Waals surface area contributed by atoms with Gasteiger partial charge in [-0.3, -0.25) is 9.59 Å². The van der Waals surface area contributed by atoms with Crippen LogP contribution in [-0.2, 0) is 14.3 Å². The summed E-state index contributed by atoms with van der Waals surface area (Å²) in [4.78, 5) is 25.6. The molecule has 110 valence electrons. The van der Waals surface area contributed by atoms with Crippen molar-refractivity contribution in [2.45, 2.75) is 58.6 Å². The molecule has 0 saturated carbocycles. The molecule has 0 aromatic rings. The van der Waals surface area contributed by atoms with Gasteiger partial charge in [-0.15, -0.1) is 0 Å². The molecule has 2 amide bonds. The maximum Gasteiger partial charge on any atom is 0.248 e. The van der Waals surface area contributed by atoms with E-state index in [2.05, 4.69) is 12.2 Å². The summed E-state index contributed by atoms with van der Waals surface area (Å²) < 4.78 is 5.19. The van der Waals surface area contributed by atoms with Crippen molar-refractivity contribution in [3.63, 3.8) is 0 Å². The first-order chi connectivity index (χ1) is 9.06. The maximum atomic E-state index is 12.0. The van der Waals surface area contributed by atoms with E-state index in [9.17, 15) is 9.59 Å². The zero-order valence-corrected chi connectivity index (χ0v) is 12.3. The van der Waals surface area contributed by atoms with Crippen LogP contribution >= 0.6 is 0 Å². The second-order valence-corrected chi connectivity index (χ2v) is 5.07. The molecule has 0 spiro atoms. The van der Waals surface area contributed by atoms with E-state index >= 15 is 0 Å². The van der Waals surface area contributed by atoms with Crippen LogP contribution in [0.25, 0.3) is 0 Å². The summed E-state index contributed by atoms with van der Waals surface area (Å²) in [6.45, 7) is 7.41. The molecule has 1 aliphatic heterocycles. The van der Waals surface area contributed by atoms with Gasteiger partial charge >= 0.3 is 0 Å². The van der Waals surface area contributed by atoms with Crippen molar-refractivity contribution >= 4 is 11.8 Å². The lowest BCUT2D eigenvalue weighted by Gasteiger charge is -2.33. The van der Waals surface area contributed by atoms with Crippen molar-refractivity contribution in [3.8, 4) is 0 Å². The van der Waals surface area contributed by atoms with Crippen LogP contribution in [0.1, 0.15) is 46.5 Å². The molecule has 0 bridgehead atoms. The third-order valence-electron chi connectivity index (χ3n) is 3.55. The normalized spacial score (nSPS) is 21.0. The monoisotopic (exact) mass is 270 g/mol. The number of hydrogen-bond acceptors (Lipinski definition) is 3. The molecule has 1 rings (SSSR count). The van der Waals surface area contributed by atoms with Gasteiger partial charge in [-0.1, -0.05) is 0 Å². The predicted octanol–water partition coefficient (Wildman–Crippen LogP) is 1.32. The van der Waals surface area contributed by atoms with Crippen molar-refractivity contribution in [3.05, 3.63) is 0 Å². The standard InChI is InChI=1S/C14H26N2O3/c1-4-19-12(3)14(18)15-9-8-13(17)16-10-6-5-7-11(16)2/h11-12H,4-10H2,1-3H3,(H,15,18)/t11-,12+/m1/s1. The molecule has 0 aliphatic carbocycles. The maximum absolute atomic E-state index is 12.0. The summed E-state index contributed by atoms with van der Waals surface area (Å²) >= 11 is 0. The Balaban J connectivity index is 2.24. The Bertz CT molecular complexity index is 307. The lowest BCUT2D eigenvalue weighted by molar-refractivity contribution is -0.135. The van der Waals surface area contributed by atoms with Crippen molar-refractivity contribution in [2.75, 3.05) is 19.7 Å². The lowest BCUT2D eigenvalue weighted by Crippen LogP contribution is -2.43. The second kappa shape index (κ2) is 8.15. The van der Waals surface area contributed by atoms with Crippen molar-refractivity contribution in [2.24, 2.45) is 0 Å². The van der Waals surface area contributed by atoms with Crippen LogP contribution in [0.5, 0.6) is 0 Å². The van der Waals surface area contributed by atoms with Crippen molar-refractivity contribution < 1.29 is 14.3 Å². The third-order valence-corrected chi connectivity index (χ3v) is 3.55. The molecule has 0 unspecified atom stereocenters. The van der Waals surface area contributed by atoms with Gasteiger partial charge in [-0.05, 0) is 40.0 Å². The van der Waals surface area contributed by atoms with E-state index in [4.69, 9.17) is 4.74 Å². The molecule has 1 fully saturated rings. The van der Waals surface area contributed by atoms with E-state index in [1.807, 2.05) is 11.8 Å². The number of amides is 2. The summed E-state index contributed by atoms with van der Waals surface area (Å²) in [5.41, 5.74) is 0. The Morgan fingerprint density at radius 2 is 2.16 bits per heavy atom. The Hall–Kier alpha value is -1.10. The van der Waals surface area contributed by atoms with Crippen molar-refractivity contribution in [1.29, 1.82) is 0 Å². The fourth-order valence-electron chi connectivity index (χ4n) is 2.37. The highest BCUT2D eigenvalue weighted by molar-refractivity contribution is 5.81. The van der Waals surface area contributed by atoms with Crippen LogP contribution in [0, 0.1) is 0 Å². The number of nitrogens with zero attached hydrogens (tertiary/aromatic N) is 1. The molecule has 5 heteroatoms. The molecular weight excluding hydrogens is 244 g/mol. The molecule has 5 nitrogen and oxygen atoms in total. The molecule has 1 saturated heterocycles. The zero-order chi connectivity index (χ0) is 14.3. The summed E-state index contributed by atoms with van der Waals surface area (Å²) in [6.07, 6.45) is 3.29. The first-order valence-electron chi connectivity index (χ1n) is 7.25. The van der Waals surface area contributed by atoms with Gasteiger partial charge in [-0.2, -0.15) is 0 Å². The number of rotatable bonds is 6. The largest absolute Gasteiger partial charge is 0.369 e. The van der Waals surface area contributed by atoms with Gasteiger partial charge < -0.3 is 15.0 Å². The first-order valence-corrected chi connectivity index (χ1v) is 7.25. The molecule has 0 radical (unpaired) electrons. The summed E-state index contributed by atoms with van der Waals surface area (Å²) in [7, 11) is 0. The quantitative estimate of drug-likeness (QED) is 0.792. The number of carbonyl (C=O) groups excluding carboxylic acids is 2. The van der Waals surface area contributed by atoms with E-state index in [-0.39, 0.29) is 11.8 Å². The topological polar surface area (TPSA) is 58.6 Å². The van der Waals surface area contributed by atoms with E-state index in [1.54, 1.807) is 6.92 Å². The smallest absolute Gasteiger partial charge is 0.248 e. The van der Waals surface area contributed by atoms with Gasteiger partial charge in [-0.25, -0.2) is 0 Å². The zero-order valence-electron chi connectivity index (χ0n) is 12.3. The summed E-state index contributed by atoms with van der Waals surface area (Å²) in [5.74, 6) is -0.0158. The van der Waals surface area contributed by atoms with E-state index in [0.29, 0.717) is 25.6 Å². The number of nitrogens with one attached hydrogen (secondary N) is 1. The fraction of sp³-hybridized carbons (Fsp3) is 0.857. The lowest BCUT2D eigenvalue weighted by atomic mass is 10.0. The Morgan fingerprint density at radius 3 is 2.79 bits per heavy atom. The minimum Gasteiger partial charge on any atom is -0.369 e. The average molecular weight is 270 g/mol. The summed E-state index contributed by atoms with van der Waals surface area (Å²) in [5, 5.41) is 2.74. The molecule has 0 aromatic carbocycles.